The van der Waals surface area contributed by atoms with Gasteiger partial charge in [0, 0.05) is 38.3 Å². The van der Waals surface area contributed by atoms with Crippen LogP contribution in [0.3, 0.4) is 0 Å². The number of hydrogen-bond donors (Lipinski definition) is 2. The van der Waals surface area contributed by atoms with E-state index in [2.05, 4.69) is 19.8 Å². The molecule has 2 heterocycles. The van der Waals surface area contributed by atoms with E-state index in [-0.39, 0.29) is 13.2 Å². The highest BCUT2D eigenvalue weighted by Gasteiger charge is 2.27. The van der Waals surface area contributed by atoms with E-state index in [1.807, 2.05) is 6.07 Å². The summed E-state index contributed by atoms with van der Waals surface area (Å²) in [5.74, 6) is 2.19. The summed E-state index contributed by atoms with van der Waals surface area (Å²) in [4.78, 5) is 13.3. The molecule has 6 nitrogen and oxygen atoms in total. The van der Waals surface area contributed by atoms with Gasteiger partial charge < -0.3 is 20.0 Å². The molecule has 0 spiro atoms. The minimum Gasteiger partial charge on any atom is -0.396 e. The quantitative estimate of drug-likeness (QED) is 0.818. The fraction of sp³-hybridized carbons (Fsp3) is 0.750. The zero-order valence-corrected chi connectivity index (χ0v) is 13.1. The summed E-state index contributed by atoms with van der Waals surface area (Å²) in [6.45, 7) is 2.85. The van der Waals surface area contributed by atoms with Crippen LogP contribution in [0, 0.1) is 5.92 Å². The summed E-state index contributed by atoms with van der Waals surface area (Å²) in [5.41, 5.74) is 0. The van der Waals surface area contributed by atoms with Gasteiger partial charge in [-0.1, -0.05) is 0 Å². The summed E-state index contributed by atoms with van der Waals surface area (Å²) in [6, 6.07) is 2.54. The lowest BCUT2D eigenvalue weighted by molar-refractivity contribution is 0.208. The molecule has 1 aliphatic heterocycles. The van der Waals surface area contributed by atoms with E-state index in [4.69, 9.17) is 0 Å². The number of hydrogen-bond acceptors (Lipinski definition) is 6. The monoisotopic (exact) mass is 306 g/mol. The van der Waals surface area contributed by atoms with Gasteiger partial charge in [-0.15, -0.1) is 0 Å². The second kappa shape index (κ2) is 7.24. The molecule has 2 fully saturated rings. The van der Waals surface area contributed by atoms with Crippen LogP contribution in [-0.2, 0) is 0 Å². The molecule has 1 atom stereocenters. The van der Waals surface area contributed by atoms with Crippen LogP contribution in [0.2, 0.25) is 0 Å². The molecule has 2 aliphatic rings. The fourth-order valence-corrected chi connectivity index (χ4v) is 3.38. The first-order chi connectivity index (χ1) is 10.8. The van der Waals surface area contributed by atoms with Crippen molar-refractivity contribution in [1.29, 1.82) is 0 Å². The average molecular weight is 306 g/mol. The van der Waals surface area contributed by atoms with Gasteiger partial charge in [0.05, 0.1) is 6.61 Å². The van der Waals surface area contributed by atoms with Crippen molar-refractivity contribution in [2.75, 3.05) is 42.6 Å². The van der Waals surface area contributed by atoms with E-state index in [1.165, 1.54) is 19.3 Å². The van der Waals surface area contributed by atoms with E-state index >= 15 is 0 Å². The van der Waals surface area contributed by atoms with E-state index in [0.717, 1.165) is 37.6 Å². The van der Waals surface area contributed by atoms with Crippen LogP contribution in [0.15, 0.2) is 12.4 Å². The third-order valence-electron chi connectivity index (χ3n) is 4.89. The molecule has 0 aromatic carbocycles. The Hall–Kier alpha value is -1.40. The fourth-order valence-electron chi connectivity index (χ4n) is 3.38. The van der Waals surface area contributed by atoms with Crippen molar-refractivity contribution in [2.24, 2.45) is 5.92 Å². The van der Waals surface area contributed by atoms with Gasteiger partial charge in [-0.05, 0) is 38.0 Å². The van der Waals surface area contributed by atoms with Gasteiger partial charge in [-0.3, -0.25) is 0 Å². The minimum absolute atomic E-state index is 0.145. The van der Waals surface area contributed by atoms with Gasteiger partial charge in [0.15, 0.2) is 0 Å². The molecule has 2 N–H and O–H groups in total. The van der Waals surface area contributed by atoms with Crippen molar-refractivity contribution in [3.63, 3.8) is 0 Å². The molecular formula is C16H26N4O2. The molecular weight excluding hydrogens is 280 g/mol. The molecule has 1 aliphatic carbocycles. The highest BCUT2D eigenvalue weighted by atomic mass is 16.3. The molecule has 0 amide bonds. The molecule has 3 rings (SSSR count). The Bertz CT molecular complexity index is 481. The Balaban J connectivity index is 1.76. The molecule has 1 saturated carbocycles. The van der Waals surface area contributed by atoms with Crippen molar-refractivity contribution < 1.29 is 10.2 Å². The van der Waals surface area contributed by atoms with Crippen LogP contribution in [0.5, 0.6) is 0 Å². The topological polar surface area (TPSA) is 72.7 Å². The number of aromatic nitrogens is 2. The molecule has 22 heavy (non-hydrogen) atoms. The zero-order chi connectivity index (χ0) is 15.4. The average Bonchev–Trinajstić information content (AvgIpc) is 2.53. The number of piperidine rings is 1. The Morgan fingerprint density at radius 3 is 2.73 bits per heavy atom. The van der Waals surface area contributed by atoms with Gasteiger partial charge in [0.2, 0.25) is 0 Å². The number of nitrogens with zero attached hydrogens (tertiary/aromatic N) is 4. The van der Waals surface area contributed by atoms with Crippen LogP contribution >= 0.6 is 0 Å². The smallest absolute Gasteiger partial charge is 0.134 e. The Morgan fingerprint density at radius 1 is 1.18 bits per heavy atom. The molecule has 6 heteroatoms. The predicted molar refractivity (Wildman–Crippen MR) is 86.1 cm³/mol. The Morgan fingerprint density at radius 2 is 2.05 bits per heavy atom. The lowest BCUT2D eigenvalue weighted by atomic mass is 9.91. The molecule has 122 valence electrons. The maximum Gasteiger partial charge on any atom is 0.134 e. The number of rotatable bonds is 6. The van der Waals surface area contributed by atoms with Crippen molar-refractivity contribution in [3.8, 4) is 0 Å². The summed E-state index contributed by atoms with van der Waals surface area (Å²) in [6.07, 6.45) is 7.41. The van der Waals surface area contributed by atoms with Gasteiger partial charge in [-0.2, -0.15) is 0 Å². The molecule has 0 radical (unpaired) electrons. The van der Waals surface area contributed by atoms with E-state index in [9.17, 15) is 10.2 Å². The largest absolute Gasteiger partial charge is 0.396 e. The van der Waals surface area contributed by atoms with E-state index in [1.54, 1.807) is 6.33 Å². The van der Waals surface area contributed by atoms with Gasteiger partial charge in [0.25, 0.3) is 0 Å². The number of aliphatic hydroxyl groups excluding tert-OH is 2. The summed E-state index contributed by atoms with van der Waals surface area (Å²) in [5, 5.41) is 18.7. The first-order valence-corrected chi connectivity index (χ1v) is 8.37. The predicted octanol–water partition coefficient (Wildman–Crippen LogP) is 1.04. The second-order valence-electron chi connectivity index (χ2n) is 6.37. The van der Waals surface area contributed by atoms with Crippen molar-refractivity contribution >= 4 is 11.6 Å². The third kappa shape index (κ3) is 3.33. The maximum atomic E-state index is 9.39. The standard InChI is InChI=1S/C16H26N4O2/c21-8-7-20(14-4-1-5-14)16-9-15(17-12-18-16)19-6-2-3-13(10-19)11-22/h9,12-14,21-22H,1-8,10-11H2. The molecule has 0 bridgehead atoms. The zero-order valence-electron chi connectivity index (χ0n) is 13.1. The molecule has 1 unspecified atom stereocenters. The van der Waals surface area contributed by atoms with E-state index in [0.29, 0.717) is 18.5 Å². The first-order valence-electron chi connectivity index (χ1n) is 8.37. The van der Waals surface area contributed by atoms with Gasteiger partial charge >= 0.3 is 0 Å². The lowest BCUT2D eigenvalue weighted by Gasteiger charge is -2.38. The van der Waals surface area contributed by atoms with Crippen molar-refractivity contribution in [1.82, 2.24) is 9.97 Å². The summed E-state index contributed by atoms with van der Waals surface area (Å²) in [7, 11) is 0. The molecule has 1 aromatic heterocycles. The Labute approximate surface area is 131 Å². The van der Waals surface area contributed by atoms with Crippen LogP contribution in [0.1, 0.15) is 32.1 Å². The first kappa shape index (κ1) is 15.5. The van der Waals surface area contributed by atoms with E-state index < -0.39 is 0 Å². The maximum absolute atomic E-state index is 9.39. The van der Waals surface area contributed by atoms with Gasteiger partial charge in [0.1, 0.15) is 18.0 Å². The number of aliphatic hydroxyl groups is 2. The van der Waals surface area contributed by atoms with Gasteiger partial charge in [-0.25, -0.2) is 9.97 Å². The third-order valence-corrected chi connectivity index (χ3v) is 4.89. The SMILES string of the molecule is OCCN(c1cc(N2CCCC(CO)C2)ncn1)C1CCC1. The molecule has 1 saturated heterocycles. The Kier molecular flexibility index (Phi) is 5.10. The highest BCUT2D eigenvalue weighted by Crippen LogP contribution is 2.30. The van der Waals surface area contributed by atoms with Crippen molar-refractivity contribution in [2.45, 2.75) is 38.1 Å². The normalized spacial score (nSPS) is 22.5. The van der Waals surface area contributed by atoms with Crippen molar-refractivity contribution in [3.05, 3.63) is 12.4 Å². The second-order valence-corrected chi connectivity index (χ2v) is 6.37. The lowest BCUT2D eigenvalue weighted by Crippen LogP contribution is -2.43. The van der Waals surface area contributed by atoms with Crippen LogP contribution in [0.25, 0.3) is 0 Å². The van der Waals surface area contributed by atoms with Crippen LogP contribution in [-0.4, -0.2) is 59.1 Å². The van der Waals surface area contributed by atoms with Crippen LogP contribution in [0.4, 0.5) is 11.6 Å². The number of anilines is 2. The minimum atomic E-state index is 0.145. The highest BCUT2D eigenvalue weighted by molar-refractivity contribution is 5.51. The van der Waals surface area contributed by atoms with Crippen LogP contribution < -0.4 is 9.80 Å². The summed E-state index contributed by atoms with van der Waals surface area (Å²) >= 11 is 0. The molecule has 1 aromatic rings. The summed E-state index contributed by atoms with van der Waals surface area (Å²) < 4.78 is 0.